The fourth-order valence-electron chi connectivity index (χ4n) is 1.66. The van der Waals surface area contributed by atoms with Crippen molar-refractivity contribution < 1.29 is 0 Å². The summed E-state index contributed by atoms with van der Waals surface area (Å²) in [6.45, 7) is 6.48. The number of aromatic nitrogens is 2. The summed E-state index contributed by atoms with van der Waals surface area (Å²) in [6.07, 6.45) is 3.81. The Balaban J connectivity index is 2.65. The van der Waals surface area contributed by atoms with Gasteiger partial charge in [0.15, 0.2) is 0 Å². The van der Waals surface area contributed by atoms with Crippen LogP contribution in [-0.2, 0) is 7.05 Å². The maximum absolute atomic E-state index is 6.12. The van der Waals surface area contributed by atoms with Gasteiger partial charge in [0.2, 0.25) is 0 Å². The highest BCUT2D eigenvalue weighted by Crippen LogP contribution is 2.31. The lowest BCUT2D eigenvalue weighted by Gasteiger charge is -2.03. The second-order valence-corrected chi connectivity index (χ2v) is 5.52. The third-order valence-corrected chi connectivity index (χ3v) is 3.84. The molecule has 0 saturated heterocycles. The Hall–Kier alpha value is -0.640. The smallest absolute Gasteiger partial charge is 0.117 e. The molecule has 0 aliphatic rings. The van der Waals surface area contributed by atoms with E-state index in [4.69, 9.17) is 5.73 Å². The van der Waals surface area contributed by atoms with Crippen molar-refractivity contribution in [3.63, 3.8) is 0 Å². The van der Waals surface area contributed by atoms with E-state index in [2.05, 4.69) is 25.9 Å². The van der Waals surface area contributed by atoms with E-state index >= 15 is 0 Å². The summed E-state index contributed by atoms with van der Waals surface area (Å²) in [5, 5.41) is 5.60. The van der Waals surface area contributed by atoms with Gasteiger partial charge in [-0.2, -0.15) is 5.10 Å². The molecule has 3 nitrogen and oxygen atoms in total. The molecule has 0 atom stereocenters. The summed E-state index contributed by atoms with van der Waals surface area (Å²) >= 11 is 1.83. The Morgan fingerprint density at radius 3 is 2.56 bits per heavy atom. The summed E-state index contributed by atoms with van der Waals surface area (Å²) in [5.41, 5.74) is 8.02. The van der Waals surface area contributed by atoms with Crippen LogP contribution in [0.3, 0.4) is 0 Å². The van der Waals surface area contributed by atoms with Crippen LogP contribution in [-0.4, -0.2) is 15.5 Å². The number of nitrogen functional groups attached to an aromatic ring is 1. The number of hydrogen-bond acceptors (Lipinski definition) is 3. The van der Waals surface area contributed by atoms with Gasteiger partial charge in [0, 0.05) is 7.05 Å². The van der Waals surface area contributed by atoms with E-state index in [0.717, 1.165) is 22.2 Å². The van der Waals surface area contributed by atoms with Gasteiger partial charge in [-0.25, -0.2) is 0 Å². The van der Waals surface area contributed by atoms with Crippen LogP contribution in [0.25, 0.3) is 0 Å². The van der Waals surface area contributed by atoms with Gasteiger partial charge in [-0.3, -0.25) is 4.68 Å². The quantitative estimate of drug-likeness (QED) is 0.613. The van der Waals surface area contributed by atoms with Crippen molar-refractivity contribution in [2.24, 2.45) is 7.05 Å². The summed E-state index contributed by atoms with van der Waals surface area (Å²) in [5.74, 6) is 1.53. The minimum Gasteiger partial charge on any atom is -0.395 e. The van der Waals surface area contributed by atoms with E-state index in [-0.39, 0.29) is 0 Å². The Morgan fingerprint density at radius 2 is 2.06 bits per heavy atom. The van der Waals surface area contributed by atoms with Crippen molar-refractivity contribution in [1.82, 2.24) is 9.78 Å². The van der Waals surface area contributed by atoms with E-state index < -0.39 is 0 Å². The van der Waals surface area contributed by atoms with Crippen LogP contribution in [0, 0.1) is 0 Å². The van der Waals surface area contributed by atoms with Gasteiger partial charge in [0.05, 0.1) is 11.4 Å². The van der Waals surface area contributed by atoms with E-state index in [1.165, 1.54) is 19.3 Å². The molecule has 2 N–H and O–H groups in total. The summed E-state index contributed by atoms with van der Waals surface area (Å²) in [7, 11) is 1.98. The molecule has 0 unspecified atom stereocenters. The molecule has 0 aliphatic carbocycles. The van der Waals surface area contributed by atoms with Crippen LogP contribution in [0.1, 0.15) is 51.6 Å². The topological polar surface area (TPSA) is 43.8 Å². The maximum Gasteiger partial charge on any atom is 0.117 e. The van der Waals surface area contributed by atoms with Crippen molar-refractivity contribution in [2.45, 2.75) is 51.0 Å². The second kappa shape index (κ2) is 6.18. The number of anilines is 1. The van der Waals surface area contributed by atoms with Crippen LogP contribution in [0.15, 0.2) is 5.03 Å². The molecule has 0 fully saturated rings. The zero-order valence-corrected chi connectivity index (χ0v) is 11.6. The van der Waals surface area contributed by atoms with Crippen molar-refractivity contribution in [2.75, 3.05) is 11.5 Å². The van der Waals surface area contributed by atoms with Crippen molar-refractivity contribution in [3.8, 4) is 0 Å². The summed E-state index contributed by atoms with van der Waals surface area (Å²) in [4.78, 5) is 0. The predicted molar refractivity (Wildman–Crippen MR) is 72.0 cm³/mol. The van der Waals surface area contributed by atoms with E-state index in [1.54, 1.807) is 0 Å². The average Bonchev–Trinajstić information content (AvgIpc) is 2.51. The number of aryl methyl sites for hydroxylation is 1. The molecule has 16 heavy (non-hydrogen) atoms. The lowest BCUT2D eigenvalue weighted by Crippen LogP contribution is -1.95. The summed E-state index contributed by atoms with van der Waals surface area (Å²) in [6, 6.07) is 0. The van der Waals surface area contributed by atoms with E-state index in [9.17, 15) is 0 Å². The lowest BCUT2D eigenvalue weighted by molar-refractivity contribution is 0.670. The molecular formula is C12H23N3S. The van der Waals surface area contributed by atoms with Gasteiger partial charge < -0.3 is 5.73 Å². The summed E-state index contributed by atoms with van der Waals surface area (Å²) < 4.78 is 1.92. The van der Waals surface area contributed by atoms with E-state index in [0.29, 0.717) is 5.92 Å². The van der Waals surface area contributed by atoms with Gasteiger partial charge in [0.25, 0.3) is 0 Å². The Kier molecular flexibility index (Phi) is 5.19. The van der Waals surface area contributed by atoms with Gasteiger partial charge in [-0.1, -0.05) is 33.6 Å². The molecule has 0 aromatic carbocycles. The Bertz CT molecular complexity index is 331. The normalized spacial score (nSPS) is 11.3. The fraction of sp³-hybridized carbons (Fsp3) is 0.750. The molecule has 0 saturated carbocycles. The third kappa shape index (κ3) is 3.17. The molecule has 0 spiro atoms. The molecule has 0 bridgehead atoms. The van der Waals surface area contributed by atoms with Crippen LogP contribution < -0.4 is 5.73 Å². The van der Waals surface area contributed by atoms with Crippen LogP contribution in [0.2, 0.25) is 0 Å². The van der Waals surface area contributed by atoms with Crippen molar-refractivity contribution in [3.05, 3.63) is 5.69 Å². The predicted octanol–water partition coefficient (Wildman–Crippen LogP) is 3.41. The standard InChI is InChI=1S/C12H23N3S/c1-5-6-7-8-16-12-10(13)11(9(2)3)14-15(12)4/h9H,5-8,13H2,1-4H3. The van der Waals surface area contributed by atoms with Crippen molar-refractivity contribution in [1.29, 1.82) is 0 Å². The van der Waals surface area contributed by atoms with Crippen molar-refractivity contribution >= 4 is 17.4 Å². The highest BCUT2D eigenvalue weighted by Gasteiger charge is 2.15. The first kappa shape index (κ1) is 13.4. The SMILES string of the molecule is CCCCCSc1c(N)c(C(C)C)nn1C. The number of hydrogen-bond donors (Lipinski definition) is 1. The molecule has 1 heterocycles. The van der Waals surface area contributed by atoms with Crippen LogP contribution in [0.5, 0.6) is 0 Å². The molecule has 1 aromatic rings. The fourth-order valence-corrected chi connectivity index (χ4v) is 2.69. The zero-order chi connectivity index (χ0) is 12.1. The Morgan fingerprint density at radius 1 is 1.38 bits per heavy atom. The van der Waals surface area contributed by atoms with Crippen LogP contribution >= 0.6 is 11.8 Å². The largest absolute Gasteiger partial charge is 0.395 e. The lowest BCUT2D eigenvalue weighted by atomic mass is 10.1. The van der Waals surface area contributed by atoms with Gasteiger partial charge >= 0.3 is 0 Å². The van der Waals surface area contributed by atoms with E-state index in [1.807, 2.05) is 23.5 Å². The minimum atomic E-state index is 0.399. The zero-order valence-electron chi connectivity index (χ0n) is 10.8. The monoisotopic (exact) mass is 241 g/mol. The number of nitrogens with zero attached hydrogens (tertiary/aromatic N) is 2. The van der Waals surface area contributed by atoms with Gasteiger partial charge in [-0.15, -0.1) is 11.8 Å². The third-order valence-electron chi connectivity index (χ3n) is 2.59. The highest BCUT2D eigenvalue weighted by molar-refractivity contribution is 7.99. The molecule has 0 amide bonds. The Labute approximate surface area is 103 Å². The molecule has 0 aliphatic heterocycles. The second-order valence-electron chi connectivity index (χ2n) is 4.44. The molecule has 92 valence electrons. The number of unbranched alkanes of at least 4 members (excludes halogenated alkanes) is 2. The molecule has 4 heteroatoms. The minimum absolute atomic E-state index is 0.399. The average molecular weight is 241 g/mol. The molecule has 1 aromatic heterocycles. The first-order valence-corrected chi connectivity index (χ1v) is 7.01. The van der Waals surface area contributed by atoms with Gasteiger partial charge in [-0.05, 0) is 18.1 Å². The first-order chi connectivity index (χ1) is 7.57. The molecular weight excluding hydrogens is 218 g/mol. The molecule has 1 rings (SSSR count). The first-order valence-electron chi connectivity index (χ1n) is 6.03. The van der Waals surface area contributed by atoms with Crippen LogP contribution in [0.4, 0.5) is 5.69 Å². The molecule has 0 radical (unpaired) electrons. The maximum atomic E-state index is 6.12. The highest BCUT2D eigenvalue weighted by atomic mass is 32.2. The van der Waals surface area contributed by atoms with Gasteiger partial charge in [0.1, 0.15) is 5.03 Å². The number of rotatable bonds is 6. The number of thioether (sulfide) groups is 1. The number of nitrogens with two attached hydrogens (primary N) is 1.